The Morgan fingerprint density at radius 2 is 1.73 bits per heavy atom. The number of carbonyl (C=O) groups excluding carboxylic acids is 1. The van der Waals surface area contributed by atoms with Crippen LogP contribution in [0, 0.1) is 11.7 Å². The molecule has 4 nitrogen and oxygen atoms in total. The number of hydrogen-bond donors (Lipinski definition) is 0. The molecular formula is C20H22FNO3S. The summed E-state index contributed by atoms with van der Waals surface area (Å²) >= 11 is 0. The third kappa shape index (κ3) is 4.49. The van der Waals surface area contributed by atoms with Gasteiger partial charge in [-0.1, -0.05) is 30.3 Å². The van der Waals surface area contributed by atoms with Crippen LogP contribution >= 0.6 is 0 Å². The van der Waals surface area contributed by atoms with E-state index in [1.165, 1.54) is 12.1 Å². The van der Waals surface area contributed by atoms with Crippen LogP contribution < -0.4 is 0 Å². The second kappa shape index (κ2) is 7.58. The molecule has 0 aromatic heterocycles. The van der Waals surface area contributed by atoms with Gasteiger partial charge in [0.1, 0.15) is 11.6 Å². The number of nitrogens with zero attached hydrogens (tertiary/aromatic N) is 1. The third-order valence-corrected chi connectivity index (χ3v) is 6.42. The van der Waals surface area contributed by atoms with Crippen LogP contribution in [0.3, 0.4) is 0 Å². The van der Waals surface area contributed by atoms with Crippen molar-refractivity contribution in [1.82, 2.24) is 4.90 Å². The van der Waals surface area contributed by atoms with Gasteiger partial charge >= 0.3 is 0 Å². The molecule has 2 aromatic carbocycles. The van der Waals surface area contributed by atoms with Gasteiger partial charge in [-0.2, -0.15) is 0 Å². The van der Waals surface area contributed by atoms with E-state index in [0.717, 1.165) is 30.5 Å². The average Bonchev–Trinajstić information content (AvgIpc) is 3.45. The maximum atomic E-state index is 13.0. The molecule has 1 unspecified atom stereocenters. The highest BCUT2D eigenvalue weighted by Crippen LogP contribution is 2.36. The van der Waals surface area contributed by atoms with Crippen LogP contribution in [0.25, 0.3) is 0 Å². The lowest BCUT2D eigenvalue weighted by Crippen LogP contribution is -2.42. The topological polar surface area (TPSA) is 54.5 Å². The summed E-state index contributed by atoms with van der Waals surface area (Å²) in [4.78, 5) is 14.5. The molecule has 6 heteroatoms. The van der Waals surface area contributed by atoms with Crippen molar-refractivity contribution in [2.24, 2.45) is 5.92 Å². The quantitative estimate of drug-likeness (QED) is 0.697. The molecule has 0 aliphatic heterocycles. The molecule has 1 amide bonds. The smallest absolute Gasteiger partial charge is 0.238 e. The number of amides is 1. The number of sulfone groups is 1. The molecule has 0 radical (unpaired) electrons. The van der Waals surface area contributed by atoms with Gasteiger partial charge in [0, 0.05) is 12.6 Å². The first-order valence-electron chi connectivity index (χ1n) is 8.68. The van der Waals surface area contributed by atoms with Gasteiger partial charge in [0.15, 0.2) is 9.84 Å². The molecule has 0 spiro atoms. The first-order valence-corrected chi connectivity index (χ1v) is 10.3. The van der Waals surface area contributed by atoms with Crippen LogP contribution in [-0.2, 0) is 21.2 Å². The van der Waals surface area contributed by atoms with E-state index in [1.54, 1.807) is 4.90 Å². The van der Waals surface area contributed by atoms with Crippen LogP contribution in [0.2, 0.25) is 0 Å². The first kappa shape index (κ1) is 18.6. The fourth-order valence-corrected chi connectivity index (χ4v) is 4.25. The molecule has 138 valence electrons. The Hall–Kier alpha value is -2.21. The van der Waals surface area contributed by atoms with Gasteiger partial charge in [0.2, 0.25) is 5.91 Å². The van der Waals surface area contributed by atoms with Crippen LogP contribution in [-0.4, -0.2) is 31.0 Å². The summed E-state index contributed by atoms with van der Waals surface area (Å²) in [6.07, 6.45) is 2.12. The number of rotatable bonds is 7. The van der Waals surface area contributed by atoms with Crippen molar-refractivity contribution in [3.8, 4) is 0 Å². The minimum atomic E-state index is -3.81. The summed E-state index contributed by atoms with van der Waals surface area (Å²) in [5, 5.41) is 0. The zero-order valence-corrected chi connectivity index (χ0v) is 15.5. The van der Waals surface area contributed by atoms with Crippen LogP contribution in [0.1, 0.15) is 25.3 Å². The zero-order valence-electron chi connectivity index (χ0n) is 14.6. The zero-order chi connectivity index (χ0) is 18.7. The Labute approximate surface area is 153 Å². The van der Waals surface area contributed by atoms with Crippen molar-refractivity contribution in [3.05, 3.63) is 66.0 Å². The molecule has 1 aliphatic carbocycles. The highest BCUT2D eigenvalue weighted by Gasteiger charge is 2.35. The maximum absolute atomic E-state index is 13.0. The molecule has 1 fully saturated rings. The van der Waals surface area contributed by atoms with Crippen molar-refractivity contribution < 1.29 is 17.6 Å². The van der Waals surface area contributed by atoms with Crippen LogP contribution in [0.15, 0.2) is 59.5 Å². The van der Waals surface area contributed by atoms with Crippen LogP contribution in [0.4, 0.5) is 4.39 Å². The lowest BCUT2D eigenvalue weighted by Gasteiger charge is -2.29. The van der Waals surface area contributed by atoms with Crippen molar-refractivity contribution >= 4 is 15.7 Å². The fourth-order valence-electron chi connectivity index (χ4n) is 3.04. The number of benzene rings is 2. The fraction of sp³-hybridized carbons (Fsp3) is 0.350. The molecule has 2 aromatic rings. The Morgan fingerprint density at radius 1 is 1.12 bits per heavy atom. The van der Waals surface area contributed by atoms with E-state index in [0.29, 0.717) is 12.5 Å². The first-order chi connectivity index (χ1) is 12.4. The predicted molar refractivity (Wildman–Crippen MR) is 97.6 cm³/mol. The molecule has 1 saturated carbocycles. The van der Waals surface area contributed by atoms with Crippen LogP contribution in [0.5, 0.6) is 0 Å². The monoisotopic (exact) mass is 375 g/mol. The normalized spacial score (nSPS) is 15.5. The van der Waals surface area contributed by atoms with Gasteiger partial charge in [-0.25, -0.2) is 12.8 Å². The lowest BCUT2D eigenvalue weighted by atomic mass is 10.1. The van der Waals surface area contributed by atoms with E-state index in [2.05, 4.69) is 0 Å². The summed E-state index contributed by atoms with van der Waals surface area (Å²) in [6, 6.07) is 14.1. The third-order valence-electron chi connectivity index (χ3n) is 4.80. The largest absolute Gasteiger partial charge is 0.334 e. The van der Waals surface area contributed by atoms with E-state index in [-0.39, 0.29) is 10.9 Å². The second-order valence-corrected chi connectivity index (χ2v) is 8.79. The van der Waals surface area contributed by atoms with E-state index in [9.17, 15) is 17.6 Å². The summed E-state index contributed by atoms with van der Waals surface area (Å²) in [5.74, 6) is -1.11. The molecular weight excluding hydrogens is 353 g/mol. The number of halogens is 1. The molecule has 0 saturated heterocycles. The molecule has 1 aliphatic rings. The van der Waals surface area contributed by atoms with Gasteiger partial charge in [0.05, 0.1) is 4.90 Å². The Morgan fingerprint density at radius 3 is 2.31 bits per heavy atom. The average molecular weight is 375 g/mol. The molecule has 0 bridgehead atoms. The molecule has 0 N–H and O–H groups in total. The molecule has 3 rings (SSSR count). The maximum Gasteiger partial charge on any atom is 0.238 e. The Kier molecular flexibility index (Phi) is 5.41. The van der Waals surface area contributed by atoms with Gasteiger partial charge in [0.25, 0.3) is 0 Å². The Bertz CT molecular complexity index is 862. The standard InChI is InChI=1S/C20H22FNO3S/c1-15(17-7-8-17)22(13-16-5-3-2-4-6-16)20(23)14-26(24,25)19-11-9-18(21)10-12-19/h2-6,9-12,15,17H,7-8,13-14H2,1H3. The summed E-state index contributed by atoms with van der Waals surface area (Å²) < 4.78 is 38.1. The van der Waals surface area contributed by atoms with Gasteiger partial charge in [-0.3, -0.25) is 4.79 Å². The molecule has 26 heavy (non-hydrogen) atoms. The van der Waals surface area contributed by atoms with Gasteiger partial charge in [-0.05, 0) is 55.5 Å². The van der Waals surface area contributed by atoms with Gasteiger partial charge in [-0.15, -0.1) is 0 Å². The van der Waals surface area contributed by atoms with E-state index >= 15 is 0 Å². The van der Waals surface area contributed by atoms with E-state index in [1.807, 2.05) is 37.3 Å². The SMILES string of the molecule is CC(C1CC1)N(Cc1ccccc1)C(=O)CS(=O)(=O)c1ccc(F)cc1. The Balaban J connectivity index is 1.79. The summed E-state index contributed by atoms with van der Waals surface area (Å²) in [6.45, 7) is 2.36. The number of carbonyl (C=O) groups is 1. The summed E-state index contributed by atoms with van der Waals surface area (Å²) in [7, 11) is -3.81. The second-order valence-electron chi connectivity index (χ2n) is 6.80. The van der Waals surface area contributed by atoms with Crippen molar-refractivity contribution in [2.45, 2.75) is 37.2 Å². The predicted octanol–water partition coefficient (Wildman–Crippen LogP) is 3.43. The highest BCUT2D eigenvalue weighted by atomic mass is 32.2. The number of hydrogen-bond acceptors (Lipinski definition) is 3. The van der Waals surface area contributed by atoms with E-state index in [4.69, 9.17) is 0 Å². The lowest BCUT2D eigenvalue weighted by molar-refractivity contribution is -0.131. The minimum absolute atomic E-state index is 0.00822. The van der Waals surface area contributed by atoms with Crippen molar-refractivity contribution in [2.75, 3.05) is 5.75 Å². The van der Waals surface area contributed by atoms with Crippen molar-refractivity contribution in [3.63, 3.8) is 0 Å². The van der Waals surface area contributed by atoms with Crippen molar-refractivity contribution in [1.29, 1.82) is 0 Å². The molecule has 1 atom stereocenters. The summed E-state index contributed by atoms with van der Waals surface area (Å²) in [5.41, 5.74) is 0.965. The van der Waals surface area contributed by atoms with E-state index < -0.39 is 27.3 Å². The molecule has 0 heterocycles. The minimum Gasteiger partial charge on any atom is -0.334 e. The van der Waals surface area contributed by atoms with Gasteiger partial charge < -0.3 is 4.90 Å². The highest BCUT2D eigenvalue weighted by molar-refractivity contribution is 7.92.